The summed E-state index contributed by atoms with van der Waals surface area (Å²) in [5, 5.41) is 0. The molecule has 0 spiro atoms. The summed E-state index contributed by atoms with van der Waals surface area (Å²) in [5.41, 5.74) is 1.01. The van der Waals surface area contributed by atoms with E-state index in [1.54, 1.807) is 12.3 Å². The molecule has 3 heterocycles. The van der Waals surface area contributed by atoms with Crippen molar-refractivity contribution >= 4 is 5.91 Å². The Balaban J connectivity index is 1.54. The lowest BCUT2D eigenvalue weighted by molar-refractivity contribution is -0.144. The minimum Gasteiger partial charge on any atom is -0.333 e. The first-order valence-electron chi connectivity index (χ1n) is 11.6. The molecule has 1 aliphatic carbocycles. The fraction of sp³-hybridized carbons (Fsp3) is 0.560. The van der Waals surface area contributed by atoms with Crippen LogP contribution in [0.2, 0.25) is 0 Å². The van der Waals surface area contributed by atoms with Crippen LogP contribution in [-0.4, -0.2) is 56.5 Å². The summed E-state index contributed by atoms with van der Waals surface area (Å²) >= 11 is 0. The second-order valence-corrected chi connectivity index (χ2v) is 9.85. The minimum absolute atomic E-state index is 0.0490. The van der Waals surface area contributed by atoms with E-state index in [-0.39, 0.29) is 35.6 Å². The van der Waals surface area contributed by atoms with Gasteiger partial charge in [0.2, 0.25) is 5.91 Å². The van der Waals surface area contributed by atoms with Crippen molar-refractivity contribution in [2.24, 2.45) is 5.41 Å². The smallest absolute Gasteiger partial charge is 0.333 e. The lowest BCUT2D eigenvalue weighted by Gasteiger charge is -2.51. The molecular formula is C25H32N4O2. The number of benzene rings is 1. The predicted molar refractivity (Wildman–Crippen MR) is 120 cm³/mol. The van der Waals surface area contributed by atoms with Gasteiger partial charge in [0.15, 0.2) is 0 Å². The number of likely N-dealkylation sites (N-methyl/N-ethyl adjacent to an activating group) is 1. The van der Waals surface area contributed by atoms with E-state index in [9.17, 15) is 9.59 Å². The molecule has 1 aromatic carbocycles. The standard InChI is InChI=1S/C25H32N4O2/c1-25-16-20-19(15-18-9-4-3-5-10-18)29(22(25)12-7-6-11-21(25)27(20)2)23(30)17-28-14-8-13-26-24(28)31/h3-5,8-10,13-14,19-22H,6-7,11-12,15-17H2,1-2H3/t19-,20+,21+,22-,25+/m1/s1. The van der Waals surface area contributed by atoms with Gasteiger partial charge in [0.25, 0.3) is 0 Å². The number of hydrogen-bond acceptors (Lipinski definition) is 4. The maximum absolute atomic E-state index is 13.8. The molecule has 31 heavy (non-hydrogen) atoms. The van der Waals surface area contributed by atoms with Gasteiger partial charge in [-0.3, -0.25) is 14.3 Å². The van der Waals surface area contributed by atoms with Gasteiger partial charge >= 0.3 is 5.69 Å². The number of rotatable bonds is 4. The number of fused-ring (bicyclic) bond motifs is 1. The second kappa shape index (κ2) is 7.90. The number of aromatic nitrogens is 2. The predicted octanol–water partition coefficient (Wildman–Crippen LogP) is 2.72. The number of piperidine rings is 1. The third-order valence-electron chi connectivity index (χ3n) is 8.19. The largest absolute Gasteiger partial charge is 0.347 e. The molecule has 1 amide bonds. The van der Waals surface area contributed by atoms with Crippen molar-refractivity contribution in [2.75, 3.05) is 7.05 Å². The van der Waals surface area contributed by atoms with Gasteiger partial charge < -0.3 is 4.90 Å². The zero-order chi connectivity index (χ0) is 21.6. The summed E-state index contributed by atoms with van der Waals surface area (Å²) in [6.45, 7) is 2.46. The van der Waals surface area contributed by atoms with E-state index in [0.29, 0.717) is 12.1 Å². The fourth-order valence-electron chi connectivity index (χ4n) is 6.79. The van der Waals surface area contributed by atoms with E-state index >= 15 is 0 Å². The van der Waals surface area contributed by atoms with Crippen LogP contribution in [-0.2, 0) is 17.8 Å². The zero-order valence-electron chi connectivity index (χ0n) is 18.5. The molecule has 164 valence electrons. The number of likely N-dealkylation sites (tertiary alicyclic amines) is 2. The summed E-state index contributed by atoms with van der Waals surface area (Å²) in [7, 11) is 2.26. The van der Waals surface area contributed by atoms with Crippen LogP contribution in [0.3, 0.4) is 0 Å². The van der Waals surface area contributed by atoms with Gasteiger partial charge in [0, 0.05) is 35.9 Å². The molecule has 0 unspecified atom stereocenters. The van der Waals surface area contributed by atoms with Crippen LogP contribution in [0.1, 0.15) is 44.6 Å². The summed E-state index contributed by atoms with van der Waals surface area (Å²) < 4.78 is 1.44. The lowest BCUT2D eigenvalue weighted by atomic mass is 9.69. The van der Waals surface area contributed by atoms with Crippen LogP contribution < -0.4 is 5.69 Å². The number of carbonyl (C=O) groups is 1. The first-order valence-corrected chi connectivity index (χ1v) is 11.6. The summed E-state index contributed by atoms with van der Waals surface area (Å²) in [6, 6.07) is 13.4. The minimum atomic E-state index is -0.363. The molecule has 2 bridgehead atoms. The third kappa shape index (κ3) is 3.41. The van der Waals surface area contributed by atoms with Crippen molar-refractivity contribution in [1.29, 1.82) is 0 Å². The molecule has 6 nitrogen and oxygen atoms in total. The Morgan fingerprint density at radius 3 is 2.61 bits per heavy atom. The summed E-state index contributed by atoms with van der Waals surface area (Å²) in [4.78, 5) is 34.6. The highest BCUT2D eigenvalue weighted by Crippen LogP contribution is 2.55. The molecular weight excluding hydrogens is 388 g/mol. The average Bonchev–Trinajstić information content (AvgIpc) is 2.87. The van der Waals surface area contributed by atoms with Crippen LogP contribution in [0.25, 0.3) is 0 Å². The Bertz CT molecular complexity index is 1010. The Hall–Kier alpha value is -2.47. The van der Waals surface area contributed by atoms with Crippen molar-refractivity contribution in [2.45, 2.75) is 76.2 Å². The number of nitrogens with zero attached hydrogens (tertiary/aromatic N) is 4. The van der Waals surface area contributed by atoms with Crippen LogP contribution in [0.15, 0.2) is 53.6 Å². The van der Waals surface area contributed by atoms with E-state index < -0.39 is 0 Å². The Kier molecular flexibility index (Phi) is 5.21. The molecule has 2 saturated heterocycles. The zero-order valence-corrected chi connectivity index (χ0v) is 18.5. The third-order valence-corrected chi connectivity index (χ3v) is 8.19. The van der Waals surface area contributed by atoms with E-state index in [4.69, 9.17) is 0 Å². The van der Waals surface area contributed by atoms with Gasteiger partial charge in [-0.05, 0) is 44.4 Å². The summed E-state index contributed by atoms with van der Waals surface area (Å²) in [5.74, 6) is 0.0490. The van der Waals surface area contributed by atoms with Crippen LogP contribution >= 0.6 is 0 Å². The van der Waals surface area contributed by atoms with Crippen molar-refractivity contribution < 1.29 is 4.79 Å². The molecule has 1 saturated carbocycles. The molecule has 0 N–H and O–H groups in total. The van der Waals surface area contributed by atoms with E-state index in [1.165, 1.54) is 29.2 Å². The van der Waals surface area contributed by atoms with Crippen LogP contribution in [0, 0.1) is 5.41 Å². The molecule has 5 atom stereocenters. The first-order chi connectivity index (χ1) is 15.0. The van der Waals surface area contributed by atoms with Gasteiger partial charge in [-0.25, -0.2) is 9.78 Å². The number of carbonyl (C=O) groups excluding carboxylic acids is 1. The Morgan fingerprint density at radius 2 is 1.87 bits per heavy atom. The normalized spacial score (nSPS) is 32.6. The van der Waals surface area contributed by atoms with Crippen molar-refractivity contribution in [3.8, 4) is 0 Å². The maximum Gasteiger partial charge on any atom is 0.347 e. The van der Waals surface area contributed by atoms with Gasteiger partial charge in [-0.1, -0.05) is 50.1 Å². The molecule has 5 rings (SSSR count). The van der Waals surface area contributed by atoms with Crippen molar-refractivity contribution in [1.82, 2.24) is 19.4 Å². The van der Waals surface area contributed by atoms with E-state index in [2.05, 4.69) is 53.0 Å². The molecule has 2 aliphatic heterocycles. The lowest BCUT2D eigenvalue weighted by Crippen LogP contribution is -2.62. The van der Waals surface area contributed by atoms with Crippen LogP contribution in [0.5, 0.6) is 0 Å². The number of amides is 1. The van der Waals surface area contributed by atoms with Gasteiger partial charge in [0.1, 0.15) is 6.54 Å². The Morgan fingerprint density at radius 1 is 1.13 bits per heavy atom. The molecule has 3 aliphatic rings. The highest BCUT2D eigenvalue weighted by atomic mass is 16.2. The van der Waals surface area contributed by atoms with Gasteiger partial charge in [-0.2, -0.15) is 0 Å². The van der Waals surface area contributed by atoms with Gasteiger partial charge in [0.05, 0.1) is 6.04 Å². The monoisotopic (exact) mass is 420 g/mol. The molecule has 0 radical (unpaired) electrons. The molecule has 1 aromatic heterocycles. The molecule has 2 aromatic rings. The van der Waals surface area contributed by atoms with Crippen LogP contribution in [0.4, 0.5) is 0 Å². The topological polar surface area (TPSA) is 58.4 Å². The number of hydrogen-bond donors (Lipinski definition) is 0. The van der Waals surface area contributed by atoms with Gasteiger partial charge in [-0.15, -0.1) is 0 Å². The highest BCUT2D eigenvalue weighted by Gasteiger charge is 2.61. The molecule has 3 fully saturated rings. The van der Waals surface area contributed by atoms with Crippen molar-refractivity contribution in [3.05, 3.63) is 64.8 Å². The fourth-order valence-corrected chi connectivity index (χ4v) is 6.79. The Labute approximate surface area is 183 Å². The highest BCUT2D eigenvalue weighted by molar-refractivity contribution is 5.77. The van der Waals surface area contributed by atoms with E-state index in [0.717, 1.165) is 25.7 Å². The summed E-state index contributed by atoms with van der Waals surface area (Å²) in [6.07, 6.45) is 9.78. The molecule has 6 heteroatoms. The quantitative estimate of drug-likeness (QED) is 0.763. The van der Waals surface area contributed by atoms with E-state index in [1.807, 2.05) is 6.07 Å². The maximum atomic E-state index is 13.8. The first kappa shape index (κ1) is 20.4. The SMILES string of the molecule is CN1[C@H]2CCCC[C@H]3N(C(=O)Cn4cccnc4=O)[C@H](Cc4ccccc4)[C@@H]1C[C@@]23C. The second-order valence-electron chi connectivity index (χ2n) is 9.85. The average molecular weight is 421 g/mol. The van der Waals surface area contributed by atoms with Crippen molar-refractivity contribution in [3.63, 3.8) is 0 Å².